The van der Waals surface area contributed by atoms with Crippen molar-refractivity contribution in [1.29, 1.82) is 0 Å². The molecule has 0 atom stereocenters. The molecule has 2 aromatic carbocycles. The van der Waals surface area contributed by atoms with E-state index in [1.807, 2.05) is 0 Å². The van der Waals surface area contributed by atoms with Gasteiger partial charge in [0.15, 0.2) is 35.4 Å². The normalized spacial score (nSPS) is 10.6. The van der Waals surface area contributed by atoms with Gasteiger partial charge in [-0.3, -0.25) is 4.79 Å². The number of carbonyl (C=O) groups excluding carboxylic acids is 1. The molecule has 0 aliphatic carbocycles. The lowest BCUT2D eigenvalue weighted by Gasteiger charge is -2.14. The summed E-state index contributed by atoms with van der Waals surface area (Å²) in [5, 5.41) is 6.83. The Hall–Kier alpha value is -4.02. The first kappa shape index (κ1) is 23.6. The Balaban J connectivity index is 1.68. The van der Waals surface area contributed by atoms with Gasteiger partial charge >= 0.3 is 6.61 Å². The minimum absolute atomic E-state index is 0.00182. The van der Waals surface area contributed by atoms with Crippen LogP contribution >= 0.6 is 0 Å². The van der Waals surface area contributed by atoms with Gasteiger partial charge in [-0.05, 0) is 37.3 Å². The van der Waals surface area contributed by atoms with Crippen molar-refractivity contribution in [3.8, 4) is 28.7 Å². The van der Waals surface area contributed by atoms with Crippen LogP contribution in [-0.4, -0.2) is 43.1 Å². The van der Waals surface area contributed by atoms with Crippen LogP contribution in [-0.2, 0) is 6.73 Å². The Morgan fingerprint density at radius 3 is 2.39 bits per heavy atom. The van der Waals surface area contributed by atoms with Crippen LogP contribution < -0.4 is 29.0 Å². The van der Waals surface area contributed by atoms with Crippen molar-refractivity contribution in [3.05, 3.63) is 54.4 Å². The number of hydrogen-bond acceptors (Lipinski definition) is 7. The SMILES string of the molecule is CCOc1cc(NC(=O)c2ccn(COc3c(OC)cccc3OC)n2)ccc1OC(F)F. The highest BCUT2D eigenvalue weighted by Crippen LogP contribution is 2.37. The van der Waals surface area contributed by atoms with Crippen LogP contribution in [0, 0.1) is 0 Å². The van der Waals surface area contributed by atoms with Crippen LogP contribution in [0.3, 0.4) is 0 Å². The third kappa shape index (κ3) is 6.03. The average molecular weight is 463 g/mol. The molecule has 9 nitrogen and oxygen atoms in total. The highest BCUT2D eigenvalue weighted by atomic mass is 19.3. The zero-order valence-electron chi connectivity index (χ0n) is 18.2. The number of rotatable bonds is 11. The molecular weight excluding hydrogens is 440 g/mol. The molecule has 0 spiro atoms. The molecular formula is C22H23F2N3O6. The van der Waals surface area contributed by atoms with Gasteiger partial charge in [-0.25, -0.2) is 4.68 Å². The van der Waals surface area contributed by atoms with Crippen LogP contribution in [0.5, 0.6) is 28.7 Å². The molecule has 1 aromatic heterocycles. The van der Waals surface area contributed by atoms with E-state index < -0.39 is 12.5 Å². The van der Waals surface area contributed by atoms with E-state index in [9.17, 15) is 13.6 Å². The monoisotopic (exact) mass is 463 g/mol. The summed E-state index contributed by atoms with van der Waals surface area (Å²) < 4.78 is 52.6. The molecule has 11 heteroatoms. The van der Waals surface area contributed by atoms with Crippen LogP contribution in [0.2, 0.25) is 0 Å². The fourth-order valence-corrected chi connectivity index (χ4v) is 2.89. The van der Waals surface area contributed by atoms with Crippen molar-refractivity contribution >= 4 is 11.6 Å². The lowest BCUT2D eigenvalue weighted by Crippen LogP contribution is -2.14. The molecule has 0 fully saturated rings. The van der Waals surface area contributed by atoms with E-state index >= 15 is 0 Å². The number of amides is 1. The van der Waals surface area contributed by atoms with Crippen molar-refractivity contribution < 1.29 is 37.3 Å². The van der Waals surface area contributed by atoms with E-state index in [-0.39, 0.29) is 30.5 Å². The van der Waals surface area contributed by atoms with Gasteiger partial charge in [-0.1, -0.05) is 6.07 Å². The zero-order valence-corrected chi connectivity index (χ0v) is 18.2. The smallest absolute Gasteiger partial charge is 0.387 e. The molecule has 0 bridgehead atoms. The highest BCUT2D eigenvalue weighted by molar-refractivity contribution is 6.02. The molecule has 3 aromatic rings. The van der Waals surface area contributed by atoms with E-state index in [0.717, 1.165) is 0 Å². The summed E-state index contributed by atoms with van der Waals surface area (Å²) in [4.78, 5) is 12.6. The topological polar surface area (TPSA) is 93.1 Å². The third-order valence-corrected chi connectivity index (χ3v) is 4.31. The summed E-state index contributed by atoms with van der Waals surface area (Å²) in [7, 11) is 3.03. The van der Waals surface area contributed by atoms with Crippen molar-refractivity contribution in [3.63, 3.8) is 0 Å². The predicted molar refractivity (Wildman–Crippen MR) is 115 cm³/mol. The maximum Gasteiger partial charge on any atom is 0.387 e. The molecule has 0 saturated heterocycles. The molecule has 0 aliphatic heterocycles. The number of methoxy groups -OCH3 is 2. The average Bonchev–Trinajstić information content (AvgIpc) is 3.28. The lowest BCUT2D eigenvalue weighted by molar-refractivity contribution is -0.0514. The maximum absolute atomic E-state index is 12.6. The first-order chi connectivity index (χ1) is 15.9. The summed E-state index contributed by atoms with van der Waals surface area (Å²) in [5.41, 5.74) is 0.450. The second-order valence-electron chi connectivity index (χ2n) is 6.43. The summed E-state index contributed by atoms with van der Waals surface area (Å²) >= 11 is 0. The lowest BCUT2D eigenvalue weighted by atomic mass is 10.2. The number of carbonyl (C=O) groups is 1. The number of aromatic nitrogens is 2. The number of hydrogen-bond donors (Lipinski definition) is 1. The zero-order chi connectivity index (χ0) is 23.8. The maximum atomic E-state index is 12.6. The van der Waals surface area contributed by atoms with Crippen molar-refractivity contribution in [2.45, 2.75) is 20.3 Å². The van der Waals surface area contributed by atoms with E-state index in [0.29, 0.717) is 22.9 Å². The molecule has 1 amide bonds. The summed E-state index contributed by atoms with van der Waals surface area (Å²) in [6.07, 6.45) is 1.57. The van der Waals surface area contributed by atoms with Gasteiger partial charge in [-0.2, -0.15) is 13.9 Å². The Labute approximate surface area is 188 Å². The van der Waals surface area contributed by atoms with Gasteiger partial charge in [0.1, 0.15) is 0 Å². The summed E-state index contributed by atoms with van der Waals surface area (Å²) in [6, 6.07) is 10.8. The quantitative estimate of drug-likeness (QED) is 0.456. The van der Waals surface area contributed by atoms with Gasteiger partial charge in [0.05, 0.1) is 20.8 Å². The molecule has 1 N–H and O–H groups in total. The van der Waals surface area contributed by atoms with Crippen LogP contribution in [0.25, 0.3) is 0 Å². The number of ether oxygens (including phenoxy) is 5. The number of nitrogens with zero attached hydrogens (tertiary/aromatic N) is 2. The fourth-order valence-electron chi connectivity index (χ4n) is 2.89. The molecule has 1 heterocycles. The number of para-hydroxylation sites is 1. The van der Waals surface area contributed by atoms with Crippen LogP contribution in [0.1, 0.15) is 17.4 Å². The second kappa shape index (κ2) is 11.0. The van der Waals surface area contributed by atoms with Gasteiger partial charge in [0.2, 0.25) is 5.75 Å². The number of nitrogens with one attached hydrogen (secondary N) is 1. The van der Waals surface area contributed by atoms with E-state index in [2.05, 4.69) is 15.2 Å². The number of halogens is 2. The fraction of sp³-hybridized carbons (Fsp3) is 0.273. The number of anilines is 1. The third-order valence-electron chi connectivity index (χ3n) is 4.31. The molecule has 176 valence electrons. The summed E-state index contributed by atoms with van der Waals surface area (Å²) in [6.45, 7) is -1.06. The van der Waals surface area contributed by atoms with E-state index in [1.54, 1.807) is 31.3 Å². The molecule has 3 rings (SSSR count). The van der Waals surface area contributed by atoms with Gasteiger partial charge in [-0.15, -0.1) is 0 Å². The predicted octanol–water partition coefficient (Wildman–Crippen LogP) is 4.19. The number of alkyl halides is 2. The second-order valence-corrected chi connectivity index (χ2v) is 6.43. The van der Waals surface area contributed by atoms with Crippen LogP contribution in [0.15, 0.2) is 48.7 Å². The van der Waals surface area contributed by atoms with Crippen molar-refractivity contribution in [2.75, 3.05) is 26.1 Å². The Morgan fingerprint density at radius 1 is 1.03 bits per heavy atom. The Bertz CT molecular complexity index is 1070. The van der Waals surface area contributed by atoms with E-state index in [1.165, 1.54) is 43.2 Å². The standard InChI is InChI=1S/C22H23F2N3O6/c1-4-31-19-12-14(8-9-16(19)33-22(23)24)25-21(28)15-10-11-27(26-15)13-32-20-17(29-2)6-5-7-18(20)30-3/h5-12,22H,4,13H2,1-3H3,(H,25,28). The molecule has 0 radical (unpaired) electrons. The minimum atomic E-state index is -2.99. The first-order valence-corrected chi connectivity index (χ1v) is 9.85. The van der Waals surface area contributed by atoms with Gasteiger partial charge in [0.25, 0.3) is 5.91 Å². The van der Waals surface area contributed by atoms with Gasteiger partial charge in [0, 0.05) is 18.0 Å². The van der Waals surface area contributed by atoms with Crippen molar-refractivity contribution in [2.24, 2.45) is 0 Å². The minimum Gasteiger partial charge on any atom is -0.493 e. The van der Waals surface area contributed by atoms with Gasteiger partial charge < -0.3 is 29.0 Å². The number of benzene rings is 2. The van der Waals surface area contributed by atoms with Crippen molar-refractivity contribution in [1.82, 2.24) is 9.78 Å². The Kier molecular flexibility index (Phi) is 7.90. The summed E-state index contributed by atoms with van der Waals surface area (Å²) in [5.74, 6) is 0.832. The first-order valence-electron chi connectivity index (χ1n) is 9.85. The largest absolute Gasteiger partial charge is 0.493 e. The highest BCUT2D eigenvalue weighted by Gasteiger charge is 2.16. The molecule has 0 aliphatic rings. The van der Waals surface area contributed by atoms with E-state index in [4.69, 9.17) is 18.9 Å². The molecule has 33 heavy (non-hydrogen) atoms. The van der Waals surface area contributed by atoms with Crippen LogP contribution in [0.4, 0.5) is 14.5 Å². The molecule has 0 unspecified atom stereocenters. The Morgan fingerprint density at radius 2 is 1.76 bits per heavy atom. The molecule has 0 saturated carbocycles.